The second kappa shape index (κ2) is 8.25. The van der Waals surface area contributed by atoms with Crippen molar-refractivity contribution in [2.75, 3.05) is 11.5 Å². The number of benzene rings is 1. The second-order valence-electron chi connectivity index (χ2n) is 6.32. The maximum Gasteiger partial charge on any atom is 0.352 e. The van der Waals surface area contributed by atoms with Gasteiger partial charge in [0.1, 0.15) is 30.0 Å². The van der Waals surface area contributed by atoms with Gasteiger partial charge in [-0.05, 0) is 28.1 Å². The number of hydrogen-bond acceptors (Lipinski definition) is 8. The molecular formula is C17H16N6O4S2. The fourth-order valence-electron chi connectivity index (χ4n) is 3.10. The lowest BCUT2D eigenvalue weighted by atomic mass is 10.0. The summed E-state index contributed by atoms with van der Waals surface area (Å²) >= 11 is 2.97. The Hall–Kier alpha value is -2.86. The van der Waals surface area contributed by atoms with Gasteiger partial charge >= 0.3 is 5.97 Å². The maximum atomic E-state index is 12.6. The number of aromatic nitrogens is 4. The molecule has 1 saturated heterocycles. The summed E-state index contributed by atoms with van der Waals surface area (Å²) in [5.41, 5.74) is 0.715. The number of nitrogens with zero attached hydrogens (tertiary/aromatic N) is 5. The third-order valence-electron chi connectivity index (χ3n) is 4.42. The van der Waals surface area contributed by atoms with Gasteiger partial charge in [-0.2, -0.15) is 0 Å². The number of nitrogens with one attached hydrogen (secondary N) is 1. The molecule has 2 unspecified atom stereocenters. The molecule has 2 amide bonds. The number of aliphatic carboxylic acids is 1. The molecule has 2 aromatic rings. The summed E-state index contributed by atoms with van der Waals surface area (Å²) in [6.45, 7) is -0.116. The van der Waals surface area contributed by atoms with E-state index in [4.69, 9.17) is 0 Å². The molecule has 0 aliphatic carbocycles. The normalized spacial score (nSPS) is 20.8. The van der Waals surface area contributed by atoms with Gasteiger partial charge in [0.15, 0.2) is 0 Å². The highest BCUT2D eigenvalue weighted by Gasteiger charge is 2.54. The number of thioether (sulfide) groups is 2. The van der Waals surface area contributed by atoms with Crippen molar-refractivity contribution < 1.29 is 19.5 Å². The molecule has 3 heterocycles. The summed E-state index contributed by atoms with van der Waals surface area (Å²) in [7, 11) is 0. The lowest BCUT2D eigenvalue weighted by Crippen LogP contribution is -2.70. The van der Waals surface area contributed by atoms with E-state index in [2.05, 4.69) is 20.8 Å². The van der Waals surface area contributed by atoms with Gasteiger partial charge in [-0.3, -0.25) is 14.5 Å². The van der Waals surface area contributed by atoms with E-state index in [-0.39, 0.29) is 12.2 Å². The van der Waals surface area contributed by atoms with Crippen molar-refractivity contribution in [1.82, 2.24) is 30.4 Å². The van der Waals surface area contributed by atoms with E-state index >= 15 is 0 Å². The first kappa shape index (κ1) is 19.5. The van der Waals surface area contributed by atoms with Crippen LogP contribution in [0.4, 0.5) is 0 Å². The molecule has 29 heavy (non-hydrogen) atoms. The number of carbonyl (C=O) groups excluding carboxylic acids is 2. The van der Waals surface area contributed by atoms with Crippen LogP contribution in [0.5, 0.6) is 0 Å². The number of tetrazole rings is 1. The van der Waals surface area contributed by atoms with Crippen LogP contribution < -0.4 is 5.32 Å². The summed E-state index contributed by atoms with van der Waals surface area (Å²) in [5, 5.41) is 22.4. The van der Waals surface area contributed by atoms with E-state index in [9.17, 15) is 19.5 Å². The van der Waals surface area contributed by atoms with Gasteiger partial charge in [0.25, 0.3) is 5.91 Å². The fourth-order valence-corrected chi connectivity index (χ4v) is 5.50. The molecule has 0 saturated carbocycles. The Bertz CT molecular complexity index is 966. The highest BCUT2D eigenvalue weighted by Crippen LogP contribution is 2.41. The van der Waals surface area contributed by atoms with Gasteiger partial charge in [-0.25, -0.2) is 9.48 Å². The van der Waals surface area contributed by atoms with E-state index in [1.807, 2.05) is 30.3 Å². The molecule has 1 aromatic heterocycles. The van der Waals surface area contributed by atoms with Gasteiger partial charge in [0, 0.05) is 16.4 Å². The predicted octanol–water partition coefficient (Wildman–Crippen LogP) is 0.204. The van der Waals surface area contributed by atoms with Crippen molar-refractivity contribution in [1.29, 1.82) is 0 Å². The summed E-state index contributed by atoms with van der Waals surface area (Å²) in [6, 6.07) is 8.90. The van der Waals surface area contributed by atoms with Gasteiger partial charge in [-0.1, -0.05) is 18.2 Å². The van der Waals surface area contributed by atoms with E-state index in [1.54, 1.807) is 0 Å². The Balaban J connectivity index is 1.44. The number of rotatable bonds is 7. The van der Waals surface area contributed by atoms with Crippen LogP contribution in [0.15, 0.2) is 52.8 Å². The van der Waals surface area contributed by atoms with Crippen LogP contribution in [0.2, 0.25) is 0 Å². The van der Waals surface area contributed by atoms with Crippen molar-refractivity contribution >= 4 is 41.3 Å². The van der Waals surface area contributed by atoms with Gasteiger partial charge in [0.05, 0.1) is 0 Å². The predicted molar refractivity (Wildman–Crippen MR) is 105 cm³/mol. The average molecular weight is 432 g/mol. The summed E-state index contributed by atoms with van der Waals surface area (Å²) < 4.78 is 1.24. The molecule has 2 aliphatic heterocycles. The monoisotopic (exact) mass is 432 g/mol. The lowest BCUT2D eigenvalue weighted by Gasteiger charge is -2.49. The average Bonchev–Trinajstić information content (AvgIpc) is 3.23. The Kier molecular flexibility index (Phi) is 5.53. The minimum atomic E-state index is -1.13. The molecule has 10 nitrogen and oxygen atoms in total. The number of β-lactam (4-membered cyclic amide) rings is 1. The van der Waals surface area contributed by atoms with Crippen molar-refractivity contribution in [3.05, 3.63) is 47.9 Å². The van der Waals surface area contributed by atoms with Crippen LogP contribution in [-0.2, 0) is 20.9 Å². The first-order chi connectivity index (χ1) is 14.0. The number of carboxylic acids is 1. The van der Waals surface area contributed by atoms with E-state index in [0.717, 1.165) is 4.90 Å². The number of fused-ring (bicyclic) bond motifs is 1. The van der Waals surface area contributed by atoms with Crippen LogP contribution >= 0.6 is 23.5 Å². The SMILES string of the molecule is O=C(Cn1cnnn1)NC1C(=O)N2C(C(=O)O)=C(CSc3ccccc3)CSC12. The van der Waals surface area contributed by atoms with Crippen molar-refractivity contribution in [2.45, 2.75) is 22.9 Å². The topological polar surface area (TPSA) is 130 Å². The third-order valence-corrected chi connectivity index (χ3v) is 6.86. The first-order valence-corrected chi connectivity index (χ1v) is 10.7. The van der Waals surface area contributed by atoms with Gasteiger partial charge < -0.3 is 10.4 Å². The molecule has 2 aliphatic rings. The molecule has 2 atom stereocenters. The van der Waals surface area contributed by atoms with Crippen molar-refractivity contribution in [3.63, 3.8) is 0 Å². The molecule has 0 bridgehead atoms. The number of hydrogen-bond donors (Lipinski definition) is 2. The largest absolute Gasteiger partial charge is 0.477 e. The van der Waals surface area contributed by atoms with E-state index < -0.39 is 29.2 Å². The number of amides is 2. The molecule has 150 valence electrons. The Morgan fingerprint density at radius 3 is 2.79 bits per heavy atom. The third kappa shape index (κ3) is 3.98. The molecule has 0 radical (unpaired) electrons. The minimum absolute atomic E-state index is 0.0214. The Labute approximate surface area is 173 Å². The minimum Gasteiger partial charge on any atom is -0.477 e. The standard InChI is InChI=1S/C17H16N6O4S2/c24-12(6-22-9-18-20-21-22)19-13-15(25)23-14(17(26)27)10(8-29-16(13)23)7-28-11-4-2-1-3-5-11/h1-5,9,13,16H,6-8H2,(H,19,24)(H,26,27). The molecular weight excluding hydrogens is 416 g/mol. The Morgan fingerprint density at radius 1 is 1.31 bits per heavy atom. The highest BCUT2D eigenvalue weighted by atomic mass is 32.2. The van der Waals surface area contributed by atoms with Crippen molar-refractivity contribution in [2.24, 2.45) is 0 Å². The first-order valence-electron chi connectivity index (χ1n) is 8.62. The van der Waals surface area contributed by atoms with E-state index in [0.29, 0.717) is 17.1 Å². The fraction of sp³-hybridized carbons (Fsp3) is 0.294. The van der Waals surface area contributed by atoms with Crippen molar-refractivity contribution in [3.8, 4) is 0 Å². The number of carboxylic acid groups (broad SMARTS) is 1. The van der Waals surface area contributed by atoms with E-state index in [1.165, 1.54) is 39.4 Å². The maximum absolute atomic E-state index is 12.6. The zero-order chi connectivity index (χ0) is 20.4. The van der Waals surface area contributed by atoms with Crippen LogP contribution in [0.1, 0.15) is 0 Å². The zero-order valence-corrected chi connectivity index (χ0v) is 16.6. The highest BCUT2D eigenvalue weighted by molar-refractivity contribution is 8.01. The van der Waals surface area contributed by atoms with Crippen LogP contribution in [0.25, 0.3) is 0 Å². The van der Waals surface area contributed by atoms with Crippen LogP contribution in [-0.4, -0.2) is 70.9 Å². The molecule has 12 heteroatoms. The summed E-state index contributed by atoms with van der Waals surface area (Å²) in [6.07, 6.45) is 1.30. The smallest absolute Gasteiger partial charge is 0.352 e. The summed E-state index contributed by atoms with van der Waals surface area (Å²) in [4.78, 5) is 38.9. The molecule has 1 aromatic carbocycles. The van der Waals surface area contributed by atoms with Gasteiger partial charge in [0.2, 0.25) is 5.91 Å². The Morgan fingerprint density at radius 2 is 2.10 bits per heavy atom. The van der Waals surface area contributed by atoms with Crippen LogP contribution in [0, 0.1) is 0 Å². The molecule has 4 rings (SSSR count). The lowest BCUT2D eigenvalue weighted by molar-refractivity contribution is -0.150. The zero-order valence-electron chi connectivity index (χ0n) is 15.0. The second-order valence-corrected chi connectivity index (χ2v) is 8.48. The molecule has 0 spiro atoms. The van der Waals surface area contributed by atoms with Gasteiger partial charge in [-0.15, -0.1) is 28.6 Å². The van der Waals surface area contributed by atoms with Crippen LogP contribution in [0.3, 0.4) is 0 Å². The summed E-state index contributed by atoms with van der Waals surface area (Å²) in [5.74, 6) is -1.01. The molecule has 1 fully saturated rings. The number of carbonyl (C=O) groups is 3. The quantitative estimate of drug-likeness (QED) is 0.465. The molecule has 2 N–H and O–H groups in total.